The van der Waals surface area contributed by atoms with Crippen LogP contribution >= 0.6 is 0 Å². The summed E-state index contributed by atoms with van der Waals surface area (Å²) < 4.78 is 27.7. The van der Waals surface area contributed by atoms with Gasteiger partial charge in [0.25, 0.3) is 0 Å². The molecule has 3 rings (SSSR count). The van der Waals surface area contributed by atoms with Gasteiger partial charge in [0.05, 0.1) is 0 Å². The first kappa shape index (κ1) is 27.3. The summed E-state index contributed by atoms with van der Waals surface area (Å²) in [7, 11) is 0. The van der Waals surface area contributed by atoms with Gasteiger partial charge < -0.3 is 4.42 Å². The summed E-state index contributed by atoms with van der Waals surface area (Å²) >= 11 is 0. The van der Waals surface area contributed by atoms with Crippen molar-refractivity contribution in [1.29, 1.82) is 0 Å². The van der Waals surface area contributed by atoms with E-state index in [2.05, 4.69) is 26.0 Å². The van der Waals surface area contributed by atoms with Crippen molar-refractivity contribution in [2.45, 2.75) is 6.92 Å². The molecule has 1 fully saturated rings. The Bertz CT molecular complexity index is 530. The second kappa shape index (κ2) is 21.4. The van der Waals surface area contributed by atoms with Crippen LogP contribution in [0, 0.1) is 65.0 Å². The summed E-state index contributed by atoms with van der Waals surface area (Å²) in [5, 5.41) is 0. The Morgan fingerprint density at radius 1 is 0.792 bits per heavy atom. The summed E-state index contributed by atoms with van der Waals surface area (Å²) in [5.74, 6) is 0.918. The molecule has 119 valence electrons. The Hall–Kier alpha value is -1.59. The molecule has 24 heavy (non-hydrogen) atoms. The molecule has 1 aromatic carbocycles. The fourth-order valence-corrected chi connectivity index (χ4v) is 1.55. The van der Waals surface area contributed by atoms with Crippen LogP contribution < -0.4 is 0 Å². The molecule has 0 bridgehead atoms. The Labute approximate surface area is 158 Å². The monoisotopic (exact) mass is 490 g/mol. The van der Waals surface area contributed by atoms with E-state index in [4.69, 9.17) is 18.4 Å². The zero-order valence-corrected chi connectivity index (χ0v) is 15.8. The number of hydrogen-bond acceptors (Lipinski definition) is 1. The number of benzene rings is 1. The topological polar surface area (TPSA) is 72.8 Å². The third-order valence-corrected chi connectivity index (χ3v) is 2.41. The summed E-state index contributed by atoms with van der Waals surface area (Å²) in [6.45, 7) is 15.4. The summed E-state index contributed by atoms with van der Waals surface area (Å²) in [6, 6.07) is 13.2. The Morgan fingerprint density at radius 3 is 1.54 bits per heavy atom. The predicted octanol–water partition coefficient (Wildman–Crippen LogP) is 3.96. The molecule has 1 saturated carbocycles. The largest absolute Gasteiger partial charge is 2.00 e. The van der Waals surface area contributed by atoms with Crippen LogP contribution in [-0.2, 0) is 35.0 Å². The predicted molar refractivity (Wildman–Crippen MR) is 81.0 cm³/mol. The molecule has 1 aliphatic carbocycles. The minimum absolute atomic E-state index is 0. The normalized spacial score (nSPS) is 10.3. The van der Waals surface area contributed by atoms with E-state index in [0.29, 0.717) is 0 Å². The average Bonchev–Trinajstić information content (AvgIpc) is 3.36. The van der Waals surface area contributed by atoms with Gasteiger partial charge in [-0.3, -0.25) is 0 Å². The van der Waals surface area contributed by atoms with Crippen LogP contribution in [0.3, 0.4) is 0 Å². The van der Waals surface area contributed by atoms with Crippen molar-refractivity contribution in [2.24, 2.45) is 0 Å². The Morgan fingerprint density at radius 2 is 1.21 bits per heavy atom. The van der Waals surface area contributed by atoms with Gasteiger partial charge in [0.1, 0.15) is 0 Å². The summed E-state index contributed by atoms with van der Waals surface area (Å²) in [6.07, 6.45) is 11.6. The van der Waals surface area contributed by atoms with Crippen molar-refractivity contribution in [3.05, 3.63) is 100 Å². The third kappa shape index (κ3) is 11.9. The molecule has 0 N–H and O–H groups in total. The maximum absolute atomic E-state index is 7.50. The van der Waals surface area contributed by atoms with Gasteiger partial charge in [0, 0.05) is 6.26 Å². The van der Waals surface area contributed by atoms with E-state index >= 15 is 0 Å². The second-order valence-corrected chi connectivity index (χ2v) is 3.64. The van der Waals surface area contributed by atoms with Crippen molar-refractivity contribution in [2.75, 3.05) is 0 Å². The number of furan rings is 1. The van der Waals surface area contributed by atoms with Crippen molar-refractivity contribution in [3.63, 3.8) is 0 Å². The first-order valence-corrected chi connectivity index (χ1v) is 6.17. The van der Waals surface area contributed by atoms with E-state index in [1.54, 1.807) is 6.26 Å². The number of hydrogen-bond donors (Lipinski definition) is 0. The van der Waals surface area contributed by atoms with Gasteiger partial charge in [0.2, 0.25) is 0 Å². The molecule has 5 radical (unpaired) electrons. The van der Waals surface area contributed by atoms with Crippen LogP contribution in [0.1, 0.15) is 5.76 Å². The zero-order chi connectivity index (χ0) is 17.9. The maximum Gasteiger partial charge on any atom is 2.00 e. The zero-order valence-electron chi connectivity index (χ0n) is 12.9. The molecule has 4 nitrogen and oxygen atoms in total. The van der Waals surface area contributed by atoms with Gasteiger partial charge in [-0.2, -0.15) is 0 Å². The van der Waals surface area contributed by atoms with Crippen molar-refractivity contribution in [3.8, 4) is 11.1 Å². The van der Waals surface area contributed by atoms with Gasteiger partial charge in [-0.15, -0.1) is 29.3 Å². The molecule has 0 unspecified atom stereocenters. The molecule has 0 atom stereocenters. The smallest absolute Gasteiger partial charge is 0.0312 e. The molecule has 5 heteroatoms. The van der Waals surface area contributed by atoms with Crippen LogP contribution in [0.15, 0.2) is 41.0 Å². The molecule has 0 aliphatic heterocycles. The maximum atomic E-state index is 7.50. The molecule has 2 aromatic rings. The van der Waals surface area contributed by atoms with Gasteiger partial charge in [-0.25, -0.2) is 0 Å². The quantitative estimate of drug-likeness (QED) is 0.441. The number of aryl methyl sites for hydroxylation is 1. The molecule has 1 heterocycles. The van der Waals surface area contributed by atoms with E-state index in [1.165, 1.54) is 0 Å². The molecule has 0 amide bonds. The van der Waals surface area contributed by atoms with Crippen molar-refractivity contribution < 1.29 is 39.4 Å². The van der Waals surface area contributed by atoms with E-state index in [9.17, 15) is 0 Å². The minimum Gasteiger partial charge on any atom is -0.0312 e. The van der Waals surface area contributed by atoms with Crippen LogP contribution in [0.5, 0.6) is 0 Å². The first-order valence-electron chi connectivity index (χ1n) is 6.17. The van der Waals surface area contributed by atoms with Crippen LogP contribution in [0.4, 0.5) is 0 Å². The summed E-state index contributed by atoms with van der Waals surface area (Å²) in [5.41, 5.74) is 2.21. The Balaban J connectivity index is -0.000000311. The fraction of sp³-hybridized carbons (Fsp3) is 0.0526. The SMILES string of the molecule is Cc1oc[c-]c1-c1ccccc1.[C-]#[O+].[C-]#[O+].[C-]#[O+].[CH]1[CH][CH][CH][CH]1.[W+2]. The average molecular weight is 490 g/mol. The minimum atomic E-state index is 0. The first-order chi connectivity index (χ1) is 11.4. The van der Waals surface area contributed by atoms with Gasteiger partial charge >= 0.3 is 55.0 Å². The molecular weight excluding hydrogens is 476 g/mol. The number of rotatable bonds is 1. The van der Waals surface area contributed by atoms with Crippen LogP contribution in [0.2, 0.25) is 0 Å². The van der Waals surface area contributed by atoms with Crippen LogP contribution in [0.25, 0.3) is 11.1 Å². The van der Waals surface area contributed by atoms with Gasteiger partial charge in [-0.1, -0.05) is 25.1 Å². The fourth-order valence-electron chi connectivity index (χ4n) is 1.55. The van der Waals surface area contributed by atoms with E-state index in [-0.39, 0.29) is 21.1 Å². The van der Waals surface area contributed by atoms with Crippen molar-refractivity contribution >= 4 is 0 Å². The standard InChI is InChI=1S/C11H9O.C5H5.3CO.W/c1-9-11(7-8-12-9)10-5-3-2-4-6-10;1-2-4-5-3-1;3*1-2;/h2-6,8H,1H3;1-5H;;;;/q-1;;;;;+2. The molecule has 0 saturated heterocycles. The third-order valence-electron chi connectivity index (χ3n) is 2.41. The van der Waals surface area contributed by atoms with E-state index in [1.807, 2.05) is 69.4 Å². The van der Waals surface area contributed by atoms with E-state index in [0.717, 1.165) is 16.9 Å². The van der Waals surface area contributed by atoms with Gasteiger partial charge in [-0.05, 0) is 37.9 Å². The molecular formula is C19H14O4W+. The van der Waals surface area contributed by atoms with E-state index < -0.39 is 0 Å². The molecule has 0 spiro atoms. The molecule has 1 aliphatic rings. The van der Waals surface area contributed by atoms with Gasteiger partial charge in [0.15, 0.2) is 0 Å². The Kier molecular flexibility index (Phi) is 24.3. The second-order valence-electron chi connectivity index (χ2n) is 3.64. The van der Waals surface area contributed by atoms with Crippen LogP contribution in [-0.4, -0.2) is 0 Å². The summed E-state index contributed by atoms with van der Waals surface area (Å²) in [4.78, 5) is 0. The van der Waals surface area contributed by atoms with Crippen molar-refractivity contribution in [1.82, 2.24) is 0 Å². The molecule has 1 aromatic heterocycles.